The number of hydrogen-bond acceptors (Lipinski definition) is 5. The minimum Gasteiger partial charge on any atom is -0.493 e. The van der Waals surface area contributed by atoms with Gasteiger partial charge in [0.1, 0.15) is 6.10 Å². The van der Waals surface area contributed by atoms with Crippen molar-refractivity contribution in [1.82, 2.24) is 13.7 Å². The Hall–Kier alpha value is -3.78. The fraction of sp³-hybridized carbons (Fsp3) is 0.333. The van der Waals surface area contributed by atoms with Crippen LogP contribution in [0, 0.1) is 0 Å². The van der Waals surface area contributed by atoms with Crippen LogP contribution in [0.25, 0.3) is 22.2 Å². The van der Waals surface area contributed by atoms with Gasteiger partial charge in [0, 0.05) is 20.6 Å². The number of ether oxygens (including phenoxy) is 3. The lowest BCUT2D eigenvalue weighted by Gasteiger charge is -2.28. The Labute approximate surface area is 202 Å². The maximum atomic E-state index is 13.5. The van der Waals surface area contributed by atoms with Crippen molar-refractivity contribution in [3.63, 3.8) is 0 Å². The highest BCUT2D eigenvalue weighted by Crippen LogP contribution is 2.42. The molecule has 0 saturated carbocycles. The molecule has 0 bridgehead atoms. The molecule has 8 heteroatoms. The summed E-state index contributed by atoms with van der Waals surface area (Å²) in [6.45, 7) is 4.94. The van der Waals surface area contributed by atoms with Gasteiger partial charge < -0.3 is 18.8 Å². The van der Waals surface area contributed by atoms with Gasteiger partial charge in [0.25, 0.3) is 5.56 Å². The second-order valence-corrected chi connectivity index (χ2v) is 9.01. The van der Waals surface area contributed by atoms with E-state index in [1.165, 1.54) is 7.05 Å². The van der Waals surface area contributed by atoms with E-state index in [9.17, 15) is 9.59 Å². The van der Waals surface area contributed by atoms with E-state index in [4.69, 9.17) is 14.2 Å². The minimum atomic E-state index is -0.497. The molecule has 3 heterocycles. The van der Waals surface area contributed by atoms with Crippen molar-refractivity contribution in [2.24, 2.45) is 14.1 Å². The first-order valence-corrected chi connectivity index (χ1v) is 11.7. The van der Waals surface area contributed by atoms with Crippen LogP contribution in [0.1, 0.15) is 31.2 Å². The molecule has 0 amide bonds. The Morgan fingerprint density at radius 1 is 1.00 bits per heavy atom. The second kappa shape index (κ2) is 8.78. The van der Waals surface area contributed by atoms with Crippen LogP contribution in [0.5, 0.6) is 11.5 Å². The molecule has 0 unspecified atom stereocenters. The number of rotatable bonds is 5. The van der Waals surface area contributed by atoms with Crippen LogP contribution in [0.3, 0.4) is 0 Å². The zero-order valence-corrected chi connectivity index (χ0v) is 20.6. The molecule has 5 rings (SSSR count). The molecule has 35 heavy (non-hydrogen) atoms. The number of methoxy groups -OCH3 is 1. The van der Waals surface area contributed by atoms with E-state index < -0.39 is 6.10 Å². The third-order valence-electron chi connectivity index (χ3n) is 6.45. The van der Waals surface area contributed by atoms with Gasteiger partial charge in [-0.15, -0.1) is 0 Å². The average Bonchev–Trinajstić information content (AvgIpc) is 3.22. The first-order valence-electron chi connectivity index (χ1n) is 11.7. The third kappa shape index (κ3) is 3.65. The van der Waals surface area contributed by atoms with E-state index in [0.29, 0.717) is 35.6 Å². The van der Waals surface area contributed by atoms with E-state index >= 15 is 0 Å². The zero-order chi connectivity index (χ0) is 24.9. The summed E-state index contributed by atoms with van der Waals surface area (Å²) < 4.78 is 22.6. The highest BCUT2D eigenvalue weighted by atomic mass is 16.5. The van der Waals surface area contributed by atoms with Gasteiger partial charge in [0.2, 0.25) is 0 Å². The molecule has 2 aromatic heterocycles. The van der Waals surface area contributed by atoms with Gasteiger partial charge in [-0.25, -0.2) is 4.79 Å². The van der Waals surface area contributed by atoms with Crippen molar-refractivity contribution < 1.29 is 14.2 Å². The molecule has 1 atom stereocenters. The second-order valence-electron chi connectivity index (χ2n) is 9.01. The quantitative estimate of drug-likeness (QED) is 0.441. The molecule has 182 valence electrons. The van der Waals surface area contributed by atoms with Crippen molar-refractivity contribution in [3.05, 3.63) is 80.6 Å². The zero-order valence-electron chi connectivity index (χ0n) is 20.6. The Morgan fingerprint density at radius 2 is 1.74 bits per heavy atom. The SMILES string of the molecule is COc1cc([C@@H]2OCCn3c(-c4ccccc4)c4c(=O)n(C)c(=O)n(C)c4c32)ccc1OC(C)C. The summed E-state index contributed by atoms with van der Waals surface area (Å²) in [5.74, 6) is 1.24. The summed E-state index contributed by atoms with van der Waals surface area (Å²) >= 11 is 0. The van der Waals surface area contributed by atoms with Gasteiger partial charge in [0.05, 0.1) is 42.1 Å². The molecule has 1 aliphatic rings. The molecule has 2 aromatic carbocycles. The lowest BCUT2D eigenvalue weighted by Crippen LogP contribution is -2.37. The normalized spacial score (nSPS) is 15.4. The van der Waals surface area contributed by atoms with Gasteiger partial charge in [-0.1, -0.05) is 36.4 Å². The summed E-state index contributed by atoms with van der Waals surface area (Å²) in [5, 5.41) is 0.512. The van der Waals surface area contributed by atoms with E-state index in [0.717, 1.165) is 27.1 Å². The highest BCUT2D eigenvalue weighted by molar-refractivity contribution is 5.96. The van der Waals surface area contributed by atoms with Crippen molar-refractivity contribution in [2.75, 3.05) is 13.7 Å². The average molecular weight is 476 g/mol. The van der Waals surface area contributed by atoms with Crippen LogP contribution in [0.15, 0.2) is 58.1 Å². The maximum absolute atomic E-state index is 13.5. The Morgan fingerprint density at radius 3 is 2.43 bits per heavy atom. The molecule has 1 aliphatic heterocycles. The molecule has 0 aliphatic carbocycles. The summed E-state index contributed by atoms with van der Waals surface area (Å²) in [4.78, 5) is 26.4. The van der Waals surface area contributed by atoms with Crippen molar-refractivity contribution >= 4 is 10.9 Å². The predicted octanol–water partition coefficient (Wildman–Crippen LogP) is 3.62. The molecule has 0 fully saturated rings. The van der Waals surface area contributed by atoms with Gasteiger partial charge in [-0.3, -0.25) is 13.9 Å². The summed E-state index contributed by atoms with van der Waals surface area (Å²) in [6, 6.07) is 15.5. The predicted molar refractivity (Wildman–Crippen MR) is 134 cm³/mol. The van der Waals surface area contributed by atoms with Gasteiger partial charge in [-0.05, 0) is 37.1 Å². The standard InChI is InChI=1S/C27H29N3O5/c1-16(2)35-19-12-11-18(15-20(19)33-5)25-24-23-21(26(31)29(4)27(32)28(23)3)22(30(24)13-14-34-25)17-9-7-6-8-10-17/h6-12,15-16,25H,13-14H2,1-5H3/t25-/m0/s1. The van der Waals surface area contributed by atoms with Gasteiger partial charge >= 0.3 is 5.69 Å². The number of hydrogen-bond donors (Lipinski definition) is 0. The van der Waals surface area contributed by atoms with E-state index in [2.05, 4.69) is 4.57 Å². The number of nitrogens with zero attached hydrogens (tertiary/aromatic N) is 3. The molecule has 0 N–H and O–H groups in total. The van der Waals surface area contributed by atoms with E-state index in [1.54, 1.807) is 18.7 Å². The smallest absolute Gasteiger partial charge is 0.331 e. The van der Waals surface area contributed by atoms with Crippen molar-refractivity contribution in [2.45, 2.75) is 32.6 Å². The summed E-state index contributed by atoms with van der Waals surface area (Å²) in [6.07, 6.45) is -0.496. The Bertz CT molecular complexity index is 1530. The Kier molecular flexibility index (Phi) is 5.76. The largest absolute Gasteiger partial charge is 0.493 e. The van der Waals surface area contributed by atoms with Crippen LogP contribution < -0.4 is 20.7 Å². The topological polar surface area (TPSA) is 76.6 Å². The Balaban J connectivity index is 1.82. The maximum Gasteiger partial charge on any atom is 0.331 e. The molecule has 0 spiro atoms. The lowest BCUT2D eigenvalue weighted by molar-refractivity contribution is 0.0477. The fourth-order valence-corrected chi connectivity index (χ4v) is 4.93. The molecular formula is C27H29N3O5. The van der Waals surface area contributed by atoms with Crippen LogP contribution in [0.2, 0.25) is 0 Å². The van der Waals surface area contributed by atoms with Crippen molar-refractivity contribution in [3.8, 4) is 22.8 Å². The first kappa shape index (κ1) is 23.0. The molecule has 8 nitrogen and oxygen atoms in total. The van der Waals surface area contributed by atoms with Crippen LogP contribution in [0.4, 0.5) is 0 Å². The van der Waals surface area contributed by atoms with Crippen LogP contribution >= 0.6 is 0 Å². The first-order chi connectivity index (χ1) is 16.8. The summed E-state index contributed by atoms with van der Waals surface area (Å²) in [5.41, 5.74) is 3.24. The van der Waals surface area contributed by atoms with E-state index in [1.807, 2.05) is 62.4 Å². The minimum absolute atomic E-state index is 0.000950. The van der Waals surface area contributed by atoms with Gasteiger partial charge in [-0.2, -0.15) is 0 Å². The molecular weight excluding hydrogens is 446 g/mol. The van der Waals surface area contributed by atoms with Crippen LogP contribution in [-0.2, 0) is 25.4 Å². The highest BCUT2D eigenvalue weighted by Gasteiger charge is 2.33. The number of aromatic nitrogens is 3. The van der Waals surface area contributed by atoms with Crippen LogP contribution in [-0.4, -0.2) is 33.5 Å². The fourth-order valence-electron chi connectivity index (χ4n) is 4.93. The summed E-state index contributed by atoms with van der Waals surface area (Å²) in [7, 11) is 4.82. The molecule has 0 radical (unpaired) electrons. The number of benzene rings is 2. The molecule has 4 aromatic rings. The van der Waals surface area contributed by atoms with Crippen molar-refractivity contribution in [1.29, 1.82) is 0 Å². The third-order valence-corrected chi connectivity index (χ3v) is 6.45. The van der Waals surface area contributed by atoms with Gasteiger partial charge in [0.15, 0.2) is 11.5 Å². The monoisotopic (exact) mass is 475 g/mol. The molecule has 0 saturated heterocycles. The number of aryl methyl sites for hydroxylation is 1. The number of fused-ring (bicyclic) bond motifs is 3. The lowest BCUT2D eigenvalue weighted by atomic mass is 10.0. The van der Waals surface area contributed by atoms with E-state index in [-0.39, 0.29) is 17.4 Å².